The van der Waals surface area contributed by atoms with E-state index >= 15 is 0 Å². The van der Waals surface area contributed by atoms with Gasteiger partial charge in [0.1, 0.15) is 0 Å². The Bertz CT molecular complexity index is 470. The molecule has 1 aliphatic carbocycles. The van der Waals surface area contributed by atoms with E-state index in [1.54, 1.807) is 0 Å². The highest BCUT2D eigenvalue weighted by Gasteiger charge is 2.42. The summed E-state index contributed by atoms with van der Waals surface area (Å²) in [6, 6.07) is 8.29. The lowest BCUT2D eigenvalue weighted by Gasteiger charge is -2.26. The minimum absolute atomic E-state index is 0.239. The van der Waals surface area contributed by atoms with Gasteiger partial charge in [0, 0.05) is 11.6 Å². The maximum atomic E-state index is 6.48. The fourth-order valence-corrected chi connectivity index (χ4v) is 4.31. The second-order valence-electron chi connectivity index (χ2n) is 6.71. The lowest BCUT2D eigenvalue weighted by molar-refractivity contribution is -0.0410. The van der Waals surface area contributed by atoms with E-state index in [-0.39, 0.29) is 5.60 Å². The van der Waals surface area contributed by atoms with Crippen LogP contribution in [0.15, 0.2) is 24.3 Å². The molecule has 1 spiro atoms. The number of nitrogens with one attached hydrogen (secondary N) is 1. The van der Waals surface area contributed by atoms with Crippen molar-refractivity contribution in [3.63, 3.8) is 0 Å². The molecule has 2 fully saturated rings. The third kappa shape index (κ3) is 3.61. The molecule has 2 atom stereocenters. The van der Waals surface area contributed by atoms with Crippen LogP contribution in [0, 0.1) is 0 Å². The van der Waals surface area contributed by atoms with Gasteiger partial charge in [0.15, 0.2) is 0 Å². The molecule has 0 bridgehead atoms. The van der Waals surface area contributed by atoms with Crippen molar-refractivity contribution in [1.29, 1.82) is 0 Å². The van der Waals surface area contributed by atoms with Crippen LogP contribution in [-0.2, 0) is 4.74 Å². The van der Waals surface area contributed by atoms with Gasteiger partial charge in [-0.15, -0.1) is 0 Å². The molecule has 1 aromatic rings. The second kappa shape index (κ2) is 6.68. The van der Waals surface area contributed by atoms with Crippen molar-refractivity contribution in [2.75, 3.05) is 13.6 Å². The Balaban J connectivity index is 1.65. The van der Waals surface area contributed by atoms with Crippen LogP contribution in [-0.4, -0.2) is 25.3 Å². The first-order chi connectivity index (χ1) is 10.2. The summed E-state index contributed by atoms with van der Waals surface area (Å²) in [5.74, 6) is 0.482. The van der Waals surface area contributed by atoms with Gasteiger partial charge in [0.2, 0.25) is 0 Å². The average molecular weight is 308 g/mol. The van der Waals surface area contributed by atoms with E-state index in [2.05, 4.69) is 17.4 Å². The Labute approximate surface area is 133 Å². The number of rotatable bonds is 5. The largest absolute Gasteiger partial charge is 0.372 e. The molecule has 1 heterocycles. The Kier molecular flexibility index (Phi) is 4.88. The van der Waals surface area contributed by atoms with Crippen molar-refractivity contribution in [3.8, 4) is 0 Å². The lowest BCUT2D eigenvalue weighted by atomic mass is 9.91. The molecule has 0 amide bonds. The van der Waals surface area contributed by atoms with Crippen LogP contribution in [0.4, 0.5) is 0 Å². The van der Waals surface area contributed by atoms with Crippen molar-refractivity contribution >= 4 is 11.6 Å². The van der Waals surface area contributed by atoms with Crippen molar-refractivity contribution in [3.05, 3.63) is 34.9 Å². The average Bonchev–Trinajstić information content (AvgIpc) is 3.09. The highest BCUT2D eigenvalue weighted by atomic mass is 35.5. The normalized spacial score (nSPS) is 25.5. The molecule has 1 saturated heterocycles. The molecule has 0 aromatic heterocycles. The van der Waals surface area contributed by atoms with Gasteiger partial charge in [-0.05, 0) is 62.8 Å². The number of hydrogen-bond donors (Lipinski definition) is 1. The molecule has 21 heavy (non-hydrogen) atoms. The molecule has 1 aromatic carbocycles. The molecule has 2 nitrogen and oxygen atoms in total. The van der Waals surface area contributed by atoms with E-state index in [0.717, 1.165) is 18.0 Å². The van der Waals surface area contributed by atoms with E-state index < -0.39 is 0 Å². The van der Waals surface area contributed by atoms with Gasteiger partial charge in [0.25, 0.3) is 0 Å². The fraction of sp³-hybridized carbons (Fsp3) is 0.667. The van der Waals surface area contributed by atoms with Gasteiger partial charge in [-0.25, -0.2) is 0 Å². The zero-order valence-electron chi connectivity index (χ0n) is 12.9. The molecular formula is C18H26ClNO. The highest BCUT2D eigenvalue weighted by molar-refractivity contribution is 6.30. The zero-order chi connectivity index (χ0) is 14.7. The summed E-state index contributed by atoms with van der Waals surface area (Å²) in [4.78, 5) is 0. The van der Waals surface area contributed by atoms with E-state index in [1.807, 2.05) is 19.2 Å². The standard InChI is InChI=1S/C18H26ClNO/c1-20-13-15(14-5-4-6-16(19)11-14)12-17-7-10-18(21-17)8-2-3-9-18/h4-6,11,15,17,20H,2-3,7-10,12-13H2,1H3. The topological polar surface area (TPSA) is 21.3 Å². The predicted octanol–water partition coefficient (Wildman–Crippen LogP) is 4.52. The maximum absolute atomic E-state index is 6.48. The fourth-order valence-electron chi connectivity index (χ4n) is 4.11. The van der Waals surface area contributed by atoms with Crippen LogP contribution < -0.4 is 5.32 Å². The van der Waals surface area contributed by atoms with Gasteiger partial charge in [-0.3, -0.25) is 0 Å². The summed E-state index contributed by atoms with van der Waals surface area (Å²) in [6.07, 6.45) is 9.25. The first kappa shape index (κ1) is 15.3. The van der Waals surface area contributed by atoms with Crippen molar-refractivity contribution in [2.24, 2.45) is 0 Å². The summed E-state index contributed by atoms with van der Waals surface area (Å²) < 4.78 is 6.48. The molecule has 0 radical (unpaired) electrons. The van der Waals surface area contributed by atoms with Gasteiger partial charge in [-0.2, -0.15) is 0 Å². The van der Waals surface area contributed by atoms with Gasteiger partial charge >= 0.3 is 0 Å². The van der Waals surface area contributed by atoms with E-state index in [4.69, 9.17) is 16.3 Å². The van der Waals surface area contributed by atoms with Crippen molar-refractivity contribution in [1.82, 2.24) is 5.32 Å². The van der Waals surface area contributed by atoms with Crippen LogP contribution in [0.25, 0.3) is 0 Å². The Morgan fingerprint density at radius 1 is 1.33 bits per heavy atom. The number of ether oxygens (including phenoxy) is 1. The molecule has 116 valence electrons. The zero-order valence-corrected chi connectivity index (χ0v) is 13.7. The van der Waals surface area contributed by atoms with Crippen LogP contribution in [0.1, 0.15) is 56.4 Å². The predicted molar refractivity (Wildman–Crippen MR) is 88.0 cm³/mol. The Morgan fingerprint density at radius 2 is 2.14 bits per heavy atom. The second-order valence-corrected chi connectivity index (χ2v) is 7.15. The van der Waals surface area contributed by atoms with Crippen molar-refractivity contribution in [2.45, 2.75) is 62.6 Å². The monoisotopic (exact) mass is 307 g/mol. The molecule has 1 aliphatic heterocycles. The van der Waals surface area contributed by atoms with Gasteiger partial charge < -0.3 is 10.1 Å². The van der Waals surface area contributed by atoms with Crippen molar-refractivity contribution < 1.29 is 4.74 Å². The third-order valence-corrected chi connectivity index (χ3v) is 5.41. The number of benzene rings is 1. The Morgan fingerprint density at radius 3 is 2.86 bits per heavy atom. The molecule has 3 rings (SSSR count). The van der Waals surface area contributed by atoms with Crippen LogP contribution in [0.2, 0.25) is 5.02 Å². The minimum atomic E-state index is 0.239. The number of halogens is 1. The van der Waals surface area contributed by atoms with Gasteiger partial charge in [-0.1, -0.05) is 36.6 Å². The summed E-state index contributed by atoms with van der Waals surface area (Å²) in [7, 11) is 2.02. The summed E-state index contributed by atoms with van der Waals surface area (Å²) >= 11 is 6.15. The lowest BCUT2D eigenvalue weighted by Crippen LogP contribution is -2.27. The number of likely N-dealkylation sites (N-methyl/N-ethyl adjacent to an activating group) is 1. The van der Waals surface area contributed by atoms with Crippen LogP contribution in [0.5, 0.6) is 0 Å². The maximum Gasteiger partial charge on any atom is 0.0687 e. The molecule has 3 heteroatoms. The van der Waals surface area contributed by atoms with Gasteiger partial charge in [0.05, 0.1) is 11.7 Å². The molecule has 2 aliphatic rings. The Hall–Kier alpha value is -0.570. The first-order valence-electron chi connectivity index (χ1n) is 8.29. The summed E-state index contributed by atoms with van der Waals surface area (Å²) in [5, 5.41) is 4.15. The smallest absolute Gasteiger partial charge is 0.0687 e. The minimum Gasteiger partial charge on any atom is -0.372 e. The number of hydrogen-bond acceptors (Lipinski definition) is 2. The SMILES string of the molecule is CNCC(CC1CCC2(CCCC2)O1)c1cccc(Cl)c1. The molecule has 1 N–H and O–H groups in total. The molecule has 1 saturated carbocycles. The van der Waals surface area contributed by atoms with E-state index in [0.29, 0.717) is 12.0 Å². The third-order valence-electron chi connectivity index (χ3n) is 5.17. The van der Waals surface area contributed by atoms with E-state index in [1.165, 1.54) is 44.1 Å². The first-order valence-corrected chi connectivity index (χ1v) is 8.66. The van der Waals surface area contributed by atoms with Crippen LogP contribution in [0.3, 0.4) is 0 Å². The van der Waals surface area contributed by atoms with Crippen LogP contribution >= 0.6 is 11.6 Å². The molecular weight excluding hydrogens is 282 g/mol. The quantitative estimate of drug-likeness (QED) is 0.863. The highest BCUT2D eigenvalue weighted by Crippen LogP contribution is 2.45. The summed E-state index contributed by atoms with van der Waals surface area (Å²) in [6.45, 7) is 0.979. The molecule has 2 unspecified atom stereocenters. The van der Waals surface area contributed by atoms with E-state index in [9.17, 15) is 0 Å². The summed E-state index contributed by atoms with van der Waals surface area (Å²) in [5.41, 5.74) is 1.57.